The highest BCUT2D eigenvalue weighted by atomic mass is 15.2. The molecule has 0 aliphatic heterocycles. The maximum absolute atomic E-state index is 4.20. The molecule has 1 atom stereocenters. The third kappa shape index (κ3) is 2.16. The van der Waals surface area contributed by atoms with E-state index in [2.05, 4.69) is 49.4 Å². The van der Waals surface area contributed by atoms with Crippen molar-refractivity contribution < 1.29 is 0 Å². The van der Waals surface area contributed by atoms with E-state index >= 15 is 0 Å². The Morgan fingerprint density at radius 1 is 1.31 bits per heavy atom. The standard InChI is InChI=1S/C14H18N2/c1-4-11(2)12-6-5-7-13(8-12)14-9-15-16(3)10-14/h5-11H,4H2,1-3H3. The van der Waals surface area contributed by atoms with Crippen LogP contribution in [0.25, 0.3) is 11.1 Å². The van der Waals surface area contributed by atoms with Gasteiger partial charge in [0.1, 0.15) is 0 Å². The van der Waals surface area contributed by atoms with Crippen molar-refractivity contribution in [2.45, 2.75) is 26.2 Å². The highest BCUT2D eigenvalue weighted by Gasteiger charge is 2.05. The lowest BCUT2D eigenvalue weighted by Crippen LogP contribution is -1.91. The predicted molar refractivity (Wildman–Crippen MR) is 67.4 cm³/mol. The van der Waals surface area contributed by atoms with Crippen molar-refractivity contribution in [2.24, 2.45) is 7.05 Å². The van der Waals surface area contributed by atoms with E-state index in [1.807, 2.05) is 17.9 Å². The molecule has 0 spiro atoms. The lowest BCUT2D eigenvalue weighted by Gasteiger charge is -2.09. The first kappa shape index (κ1) is 10.9. The van der Waals surface area contributed by atoms with Crippen LogP contribution in [-0.2, 0) is 7.05 Å². The van der Waals surface area contributed by atoms with Gasteiger partial charge < -0.3 is 0 Å². The fourth-order valence-corrected chi connectivity index (χ4v) is 1.83. The van der Waals surface area contributed by atoms with Gasteiger partial charge in [-0.15, -0.1) is 0 Å². The van der Waals surface area contributed by atoms with Gasteiger partial charge in [-0.1, -0.05) is 38.1 Å². The molecule has 1 unspecified atom stereocenters. The molecule has 2 nitrogen and oxygen atoms in total. The second-order valence-electron chi connectivity index (χ2n) is 4.34. The van der Waals surface area contributed by atoms with Crippen molar-refractivity contribution in [2.75, 3.05) is 0 Å². The SMILES string of the molecule is CCC(C)c1cccc(-c2cnn(C)c2)c1. The Labute approximate surface area is 96.9 Å². The summed E-state index contributed by atoms with van der Waals surface area (Å²) in [5.74, 6) is 0.622. The lowest BCUT2D eigenvalue weighted by atomic mass is 9.95. The Balaban J connectivity index is 2.36. The monoisotopic (exact) mass is 214 g/mol. The minimum absolute atomic E-state index is 0.622. The van der Waals surface area contributed by atoms with Crippen molar-refractivity contribution in [1.29, 1.82) is 0 Å². The van der Waals surface area contributed by atoms with E-state index in [4.69, 9.17) is 0 Å². The van der Waals surface area contributed by atoms with Gasteiger partial charge in [0.2, 0.25) is 0 Å². The first-order chi connectivity index (χ1) is 7.70. The molecule has 0 saturated heterocycles. The largest absolute Gasteiger partial charge is 0.275 e. The average Bonchev–Trinajstić information content (AvgIpc) is 2.75. The molecule has 0 saturated carbocycles. The summed E-state index contributed by atoms with van der Waals surface area (Å²) in [4.78, 5) is 0. The molecular weight excluding hydrogens is 196 g/mol. The molecule has 1 aromatic carbocycles. The number of benzene rings is 1. The van der Waals surface area contributed by atoms with Gasteiger partial charge in [-0.2, -0.15) is 5.10 Å². The summed E-state index contributed by atoms with van der Waals surface area (Å²) < 4.78 is 1.84. The minimum atomic E-state index is 0.622. The molecule has 2 aromatic rings. The lowest BCUT2D eigenvalue weighted by molar-refractivity contribution is 0.734. The van der Waals surface area contributed by atoms with Crippen LogP contribution < -0.4 is 0 Å². The maximum atomic E-state index is 4.20. The van der Waals surface area contributed by atoms with E-state index in [9.17, 15) is 0 Å². The molecule has 1 heterocycles. The highest BCUT2D eigenvalue weighted by Crippen LogP contribution is 2.25. The molecule has 2 rings (SSSR count). The number of hydrogen-bond acceptors (Lipinski definition) is 1. The predicted octanol–water partition coefficient (Wildman–Crippen LogP) is 3.60. The molecule has 84 valence electrons. The third-order valence-electron chi connectivity index (χ3n) is 3.11. The second-order valence-corrected chi connectivity index (χ2v) is 4.34. The molecule has 2 heteroatoms. The zero-order valence-electron chi connectivity index (χ0n) is 10.1. The first-order valence-corrected chi connectivity index (χ1v) is 5.79. The molecule has 0 radical (unpaired) electrons. The van der Waals surface area contributed by atoms with Crippen molar-refractivity contribution >= 4 is 0 Å². The Morgan fingerprint density at radius 3 is 2.75 bits per heavy atom. The zero-order valence-corrected chi connectivity index (χ0v) is 10.1. The van der Waals surface area contributed by atoms with Gasteiger partial charge >= 0.3 is 0 Å². The number of rotatable bonds is 3. The Kier molecular flexibility index (Phi) is 3.09. The van der Waals surface area contributed by atoms with Crippen LogP contribution in [-0.4, -0.2) is 9.78 Å². The summed E-state index contributed by atoms with van der Waals surface area (Å²) in [6.07, 6.45) is 5.14. The fourth-order valence-electron chi connectivity index (χ4n) is 1.83. The van der Waals surface area contributed by atoms with Crippen LogP contribution in [0.4, 0.5) is 0 Å². The van der Waals surface area contributed by atoms with E-state index in [0.29, 0.717) is 5.92 Å². The Morgan fingerprint density at radius 2 is 2.12 bits per heavy atom. The summed E-state index contributed by atoms with van der Waals surface area (Å²) in [5, 5.41) is 4.20. The third-order valence-corrected chi connectivity index (χ3v) is 3.11. The molecular formula is C14H18N2. The minimum Gasteiger partial charge on any atom is -0.275 e. The van der Waals surface area contributed by atoms with Gasteiger partial charge in [-0.3, -0.25) is 4.68 Å². The Bertz CT molecular complexity index is 471. The van der Waals surface area contributed by atoms with Gasteiger partial charge in [0.25, 0.3) is 0 Å². The van der Waals surface area contributed by atoms with Crippen LogP contribution in [0.1, 0.15) is 31.7 Å². The average molecular weight is 214 g/mol. The van der Waals surface area contributed by atoms with Gasteiger partial charge in [0.05, 0.1) is 6.20 Å². The molecule has 0 fully saturated rings. The number of hydrogen-bond donors (Lipinski definition) is 0. The van der Waals surface area contributed by atoms with E-state index in [0.717, 1.165) is 0 Å². The Hall–Kier alpha value is -1.57. The van der Waals surface area contributed by atoms with Gasteiger partial charge in [0.15, 0.2) is 0 Å². The molecule has 0 N–H and O–H groups in total. The van der Waals surface area contributed by atoms with Crippen LogP contribution in [0.3, 0.4) is 0 Å². The topological polar surface area (TPSA) is 17.8 Å². The smallest absolute Gasteiger partial charge is 0.0568 e. The second kappa shape index (κ2) is 4.52. The summed E-state index contributed by atoms with van der Waals surface area (Å²) in [5.41, 5.74) is 3.85. The summed E-state index contributed by atoms with van der Waals surface area (Å²) >= 11 is 0. The van der Waals surface area contributed by atoms with Crippen LogP contribution in [0.5, 0.6) is 0 Å². The quantitative estimate of drug-likeness (QED) is 0.763. The molecule has 0 aliphatic carbocycles. The first-order valence-electron chi connectivity index (χ1n) is 5.79. The van der Waals surface area contributed by atoms with Crippen molar-refractivity contribution in [3.8, 4) is 11.1 Å². The normalized spacial score (nSPS) is 12.7. The molecule has 1 aromatic heterocycles. The van der Waals surface area contributed by atoms with Crippen molar-refractivity contribution in [1.82, 2.24) is 9.78 Å². The number of aromatic nitrogens is 2. The van der Waals surface area contributed by atoms with E-state index in [1.165, 1.54) is 23.1 Å². The summed E-state index contributed by atoms with van der Waals surface area (Å²) in [6.45, 7) is 4.49. The highest BCUT2D eigenvalue weighted by molar-refractivity contribution is 5.62. The summed E-state index contributed by atoms with van der Waals surface area (Å²) in [7, 11) is 1.95. The van der Waals surface area contributed by atoms with E-state index < -0.39 is 0 Å². The number of aryl methyl sites for hydroxylation is 1. The molecule has 0 amide bonds. The molecule has 0 bridgehead atoms. The maximum Gasteiger partial charge on any atom is 0.0568 e. The van der Waals surface area contributed by atoms with E-state index in [-0.39, 0.29) is 0 Å². The van der Waals surface area contributed by atoms with Crippen LogP contribution in [0, 0.1) is 0 Å². The van der Waals surface area contributed by atoms with Crippen molar-refractivity contribution in [3.05, 3.63) is 42.2 Å². The number of nitrogens with zero attached hydrogens (tertiary/aromatic N) is 2. The van der Waals surface area contributed by atoms with Crippen LogP contribution in [0.15, 0.2) is 36.7 Å². The van der Waals surface area contributed by atoms with Gasteiger partial charge in [0, 0.05) is 18.8 Å². The molecule has 16 heavy (non-hydrogen) atoms. The van der Waals surface area contributed by atoms with Crippen molar-refractivity contribution in [3.63, 3.8) is 0 Å². The zero-order chi connectivity index (χ0) is 11.5. The van der Waals surface area contributed by atoms with Crippen LogP contribution >= 0.6 is 0 Å². The molecule has 0 aliphatic rings. The van der Waals surface area contributed by atoms with Gasteiger partial charge in [-0.25, -0.2) is 0 Å². The fraction of sp³-hybridized carbons (Fsp3) is 0.357. The van der Waals surface area contributed by atoms with Gasteiger partial charge in [-0.05, 0) is 23.5 Å². The summed E-state index contributed by atoms with van der Waals surface area (Å²) in [6, 6.07) is 8.74. The van der Waals surface area contributed by atoms with E-state index in [1.54, 1.807) is 0 Å². The van der Waals surface area contributed by atoms with Crippen LogP contribution in [0.2, 0.25) is 0 Å².